The average molecular weight is 392 g/mol. The van der Waals surface area contributed by atoms with E-state index in [0.717, 1.165) is 22.4 Å². The third-order valence-electron chi connectivity index (χ3n) is 4.22. The Morgan fingerprint density at radius 3 is 2.32 bits per heavy atom. The Kier molecular flexibility index (Phi) is 6.88. The van der Waals surface area contributed by atoms with Crippen molar-refractivity contribution in [1.82, 2.24) is 5.32 Å². The van der Waals surface area contributed by atoms with E-state index >= 15 is 0 Å². The number of amides is 1. The fourth-order valence-electron chi connectivity index (χ4n) is 2.79. The van der Waals surface area contributed by atoms with Gasteiger partial charge in [0.1, 0.15) is 5.75 Å². The first kappa shape index (κ1) is 19.7. The summed E-state index contributed by atoms with van der Waals surface area (Å²) in [6, 6.07) is 24.8. The van der Waals surface area contributed by atoms with Crippen molar-refractivity contribution in [3.8, 4) is 5.75 Å². The van der Waals surface area contributed by atoms with E-state index in [-0.39, 0.29) is 5.91 Å². The van der Waals surface area contributed by atoms with Crippen LogP contribution < -0.4 is 10.1 Å². The van der Waals surface area contributed by atoms with Crippen molar-refractivity contribution in [2.45, 2.75) is 13.5 Å². The van der Waals surface area contributed by atoms with Gasteiger partial charge in [-0.25, -0.2) is 0 Å². The van der Waals surface area contributed by atoms with Crippen LogP contribution in [0.5, 0.6) is 5.75 Å². The van der Waals surface area contributed by atoms with E-state index in [1.165, 1.54) is 0 Å². The molecule has 0 aromatic heterocycles. The highest BCUT2D eigenvalue weighted by molar-refractivity contribution is 6.33. The van der Waals surface area contributed by atoms with Gasteiger partial charge in [-0.3, -0.25) is 4.79 Å². The van der Waals surface area contributed by atoms with Gasteiger partial charge in [-0.2, -0.15) is 0 Å². The van der Waals surface area contributed by atoms with Crippen molar-refractivity contribution in [1.29, 1.82) is 0 Å². The molecular formula is C24H22ClNO2. The number of hydrogen-bond donors (Lipinski definition) is 1. The summed E-state index contributed by atoms with van der Waals surface area (Å²) in [6.07, 6.45) is 1.82. The number of rotatable bonds is 7. The molecule has 1 N–H and O–H groups in total. The van der Waals surface area contributed by atoms with Crippen molar-refractivity contribution < 1.29 is 9.53 Å². The predicted molar refractivity (Wildman–Crippen MR) is 115 cm³/mol. The maximum atomic E-state index is 13.0. The van der Waals surface area contributed by atoms with Gasteiger partial charge in [0.05, 0.1) is 6.61 Å². The smallest absolute Gasteiger partial charge is 0.252 e. The molecule has 0 heterocycles. The van der Waals surface area contributed by atoms with Crippen molar-refractivity contribution in [2.75, 3.05) is 6.61 Å². The molecule has 0 aliphatic rings. The molecule has 0 radical (unpaired) electrons. The zero-order chi connectivity index (χ0) is 19.8. The van der Waals surface area contributed by atoms with Crippen LogP contribution in [0.25, 0.3) is 11.6 Å². The zero-order valence-corrected chi connectivity index (χ0v) is 16.4. The maximum Gasteiger partial charge on any atom is 0.252 e. The molecule has 0 spiro atoms. The first-order valence-corrected chi connectivity index (χ1v) is 9.56. The van der Waals surface area contributed by atoms with Gasteiger partial charge < -0.3 is 10.1 Å². The second kappa shape index (κ2) is 9.77. The number of carbonyl (C=O) groups is 1. The Morgan fingerprint density at radius 1 is 0.964 bits per heavy atom. The summed E-state index contributed by atoms with van der Waals surface area (Å²) in [5, 5.41) is 3.60. The van der Waals surface area contributed by atoms with E-state index < -0.39 is 0 Å². The van der Waals surface area contributed by atoms with Crippen LogP contribution in [-0.4, -0.2) is 12.5 Å². The van der Waals surface area contributed by atoms with Crippen molar-refractivity contribution in [3.05, 3.63) is 101 Å². The summed E-state index contributed by atoms with van der Waals surface area (Å²) in [5.41, 5.74) is 3.22. The van der Waals surface area contributed by atoms with E-state index in [1.807, 2.05) is 91.9 Å². The molecule has 0 aliphatic carbocycles. The standard InChI is InChI=1S/C24H22ClNO2/c1-2-28-21-14-12-18(13-15-21)17-26-24(27)22(19-8-4-3-5-9-19)16-20-10-6-7-11-23(20)25/h3-16H,2,17H2,1H3,(H,26,27)/b22-16+. The number of carbonyl (C=O) groups excluding carboxylic acids is 1. The fraction of sp³-hybridized carbons (Fsp3) is 0.125. The molecule has 142 valence electrons. The summed E-state index contributed by atoms with van der Waals surface area (Å²) in [4.78, 5) is 13.0. The van der Waals surface area contributed by atoms with Crippen LogP contribution in [0.3, 0.4) is 0 Å². The van der Waals surface area contributed by atoms with Crippen LogP contribution >= 0.6 is 11.6 Å². The quantitative estimate of drug-likeness (QED) is 0.420. The van der Waals surface area contributed by atoms with Gasteiger partial charge in [0.15, 0.2) is 0 Å². The normalized spacial score (nSPS) is 11.1. The Morgan fingerprint density at radius 2 is 1.64 bits per heavy atom. The fourth-order valence-corrected chi connectivity index (χ4v) is 2.98. The lowest BCUT2D eigenvalue weighted by Crippen LogP contribution is -2.23. The summed E-state index contributed by atoms with van der Waals surface area (Å²) >= 11 is 6.29. The van der Waals surface area contributed by atoms with Crippen LogP contribution in [0, 0.1) is 0 Å². The molecule has 0 aliphatic heterocycles. The van der Waals surface area contributed by atoms with Gasteiger partial charge in [-0.15, -0.1) is 0 Å². The van der Waals surface area contributed by atoms with Gasteiger partial charge in [0, 0.05) is 17.1 Å². The second-order valence-corrected chi connectivity index (χ2v) is 6.61. The Hall–Kier alpha value is -3.04. The number of nitrogens with one attached hydrogen (secondary N) is 1. The van der Waals surface area contributed by atoms with Crippen LogP contribution in [0.1, 0.15) is 23.6 Å². The van der Waals surface area contributed by atoms with E-state index in [0.29, 0.717) is 23.7 Å². The lowest BCUT2D eigenvalue weighted by Gasteiger charge is -2.11. The molecule has 3 rings (SSSR count). The number of hydrogen-bond acceptors (Lipinski definition) is 2. The van der Waals surface area contributed by atoms with Crippen molar-refractivity contribution in [3.63, 3.8) is 0 Å². The highest BCUT2D eigenvalue weighted by Crippen LogP contribution is 2.23. The minimum absolute atomic E-state index is 0.153. The minimum atomic E-state index is -0.153. The molecule has 3 aromatic rings. The van der Waals surface area contributed by atoms with Gasteiger partial charge in [-0.05, 0) is 47.9 Å². The molecule has 0 saturated carbocycles. The molecular weight excluding hydrogens is 370 g/mol. The number of ether oxygens (including phenoxy) is 1. The largest absolute Gasteiger partial charge is 0.494 e. The maximum absolute atomic E-state index is 13.0. The first-order chi connectivity index (χ1) is 13.7. The van der Waals surface area contributed by atoms with Gasteiger partial charge >= 0.3 is 0 Å². The number of benzene rings is 3. The third kappa shape index (κ3) is 5.24. The molecule has 4 heteroatoms. The molecule has 0 fully saturated rings. The molecule has 3 nitrogen and oxygen atoms in total. The zero-order valence-electron chi connectivity index (χ0n) is 15.7. The lowest BCUT2D eigenvalue weighted by atomic mass is 10.0. The molecule has 3 aromatic carbocycles. The molecule has 0 saturated heterocycles. The second-order valence-electron chi connectivity index (χ2n) is 6.21. The summed E-state index contributed by atoms with van der Waals surface area (Å²) < 4.78 is 5.45. The summed E-state index contributed by atoms with van der Waals surface area (Å²) in [5.74, 6) is 0.668. The van der Waals surface area contributed by atoms with E-state index in [4.69, 9.17) is 16.3 Å². The summed E-state index contributed by atoms with van der Waals surface area (Å²) in [7, 11) is 0. The Balaban J connectivity index is 1.80. The predicted octanol–water partition coefficient (Wildman–Crippen LogP) is 5.60. The van der Waals surface area contributed by atoms with E-state index in [9.17, 15) is 4.79 Å². The number of halogens is 1. The van der Waals surface area contributed by atoms with Crippen molar-refractivity contribution in [2.24, 2.45) is 0 Å². The van der Waals surface area contributed by atoms with Crippen LogP contribution in [0.4, 0.5) is 0 Å². The van der Waals surface area contributed by atoms with E-state index in [2.05, 4.69) is 5.32 Å². The average Bonchev–Trinajstić information content (AvgIpc) is 2.73. The highest BCUT2D eigenvalue weighted by Gasteiger charge is 2.13. The third-order valence-corrected chi connectivity index (χ3v) is 4.57. The monoisotopic (exact) mass is 391 g/mol. The SMILES string of the molecule is CCOc1ccc(CNC(=O)/C(=C/c2ccccc2Cl)c2ccccc2)cc1. The van der Waals surface area contributed by atoms with E-state index in [1.54, 1.807) is 0 Å². The highest BCUT2D eigenvalue weighted by atomic mass is 35.5. The minimum Gasteiger partial charge on any atom is -0.494 e. The molecule has 0 unspecified atom stereocenters. The van der Waals surface area contributed by atoms with Crippen LogP contribution in [0.15, 0.2) is 78.9 Å². The summed E-state index contributed by atoms with van der Waals surface area (Å²) in [6.45, 7) is 3.01. The molecule has 0 bridgehead atoms. The van der Waals surface area contributed by atoms with Gasteiger partial charge in [0.25, 0.3) is 5.91 Å². The first-order valence-electron chi connectivity index (χ1n) is 9.19. The molecule has 1 amide bonds. The van der Waals surface area contributed by atoms with Gasteiger partial charge in [-0.1, -0.05) is 72.3 Å². The Labute approximate surface area is 170 Å². The topological polar surface area (TPSA) is 38.3 Å². The van der Waals surface area contributed by atoms with Crippen LogP contribution in [-0.2, 0) is 11.3 Å². The Bertz CT molecular complexity index is 950. The van der Waals surface area contributed by atoms with Crippen molar-refractivity contribution >= 4 is 29.2 Å². The van der Waals surface area contributed by atoms with Gasteiger partial charge in [0.2, 0.25) is 0 Å². The molecule has 0 atom stereocenters. The molecule has 28 heavy (non-hydrogen) atoms. The lowest BCUT2D eigenvalue weighted by molar-refractivity contribution is -0.115. The van der Waals surface area contributed by atoms with Crippen LogP contribution in [0.2, 0.25) is 5.02 Å².